The summed E-state index contributed by atoms with van der Waals surface area (Å²) in [6.45, 7) is 4.82. The van der Waals surface area contributed by atoms with Crippen molar-refractivity contribution in [2.24, 2.45) is 5.92 Å². The lowest BCUT2D eigenvalue weighted by Gasteiger charge is -2.29. The van der Waals surface area contributed by atoms with E-state index in [0.717, 1.165) is 75.2 Å². The van der Waals surface area contributed by atoms with Gasteiger partial charge in [-0.1, -0.05) is 56.2 Å². The maximum Gasteiger partial charge on any atom is 0.230 e. The van der Waals surface area contributed by atoms with Crippen molar-refractivity contribution >= 4 is 22.5 Å². The molecule has 1 aliphatic rings. The van der Waals surface area contributed by atoms with E-state index in [2.05, 4.69) is 57.6 Å². The SMILES string of the molecule is CCC(=O)CCCCCC(C(=O)NCC1CCN(C)CC1)c1ncc(-c2ccc3ccccc3c2)[nH]1. The molecule has 1 aromatic heterocycles. The van der Waals surface area contributed by atoms with E-state index in [9.17, 15) is 9.59 Å². The molecule has 1 atom stereocenters. The number of hydrogen-bond acceptors (Lipinski definition) is 4. The van der Waals surface area contributed by atoms with E-state index in [1.807, 2.05) is 25.3 Å². The first-order valence-electron chi connectivity index (χ1n) is 13.6. The minimum atomic E-state index is -0.313. The monoisotopic (exact) mass is 488 g/mol. The highest BCUT2D eigenvalue weighted by atomic mass is 16.2. The molecule has 0 aliphatic carbocycles. The fourth-order valence-corrected chi connectivity index (χ4v) is 5.07. The topological polar surface area (TPSA) is 78.1 Å². The molecule has 0 saturated carbocycles. The van der Waals surface area contributed by atoms with Gasteiger partial charge < -0.3 is 15.2 Å². The summed E-state index contributed by atoms with van der Waals surface area (Å²) in [5.41, 5.74) is 1.99. The largest absolute Gasteiger partial charge is 0.355 e. The van der Waals surface area contributed by atoms with Crippen LogP contribution in [0, 0.1) is 5.92 Å². The Balaban J connectivity index is 1.43. The van der Waals surface area contributed by atoms with Crippen molar-refractivity contribution < 1.29 is 9.59 Å². The number of nitrogens with one attached hydrogen (secondary N) is 2. The lowest BCUT2D eigenvalue weighted by atomic mass is 9.95. The van der Waals surface area contributed by atoms with E-state index >= 15 is 0 Å². The molecule has 2 heterocycles. The second-order valence-electron chi connectivity index (χ2n) is 10.3. The minimum Gasteiger partial charge on any atom is -0.355 e. The summed E-state index contributed by atoms with van der Waals surface area (Å²) in [4.78, 5) is 35.5. The minimum absolute atomic E-state index is 0.0537. The number of H-pyrrole nitrogens is 1. The molecule has 1 saturated heterocycles. The standard InChI is InChI=1S/C30H40N4O2/c1-3-26(35)11-5-4-6-12-27(30(36)32-20-22-15-17-34(2)18-16-22)29-31-21-28(33-29)25-14-13-23-9-7-8-10-24(23)19-25/h7-10,13-14,19,21-22,27H,3-6,11-12,15-18,20H2,1-2H3,(H,31,33)(H,32,36). The number of nitrogens with zero attached hydrogens (tertiary/aromatic N) is 2. The number of benzene rings is 2. The van der Waals surface area contributed by atoms with E-state index in [-0.39, 0.29) is 11.8 Å². The van der Waals surface area contributed by atoms with Gasteiger partial charge in [-0.05, 0) is 68.6 Å². The summed E-state index contributed by atoms with van der Waals surface area (Å²) in [5.74, 6) is 1.32. The molecule has 2 N–H and O–H groups in total. The van der Waals surface area contributed by atoms with Crippen LogP contribution in [0.25, 0.3) is 22.0 Å². The van der Waals surface area contributed by atoms with Crippen LogP contribution in [-0.2, 0) is 9.59 Å². The highest BCUT2D eigenvalue weighted by Gasteiger charge is 2.25. The molecule has 1 unspecified atom stereocenters. The van der Waals surface area contributed by atoms with E-state index in [1.165, 1.54) is 10.8 Å². The summed E-state index contributed by atoms with van der Waals surface area (Å²) >= 11 is 0. The quantitative estimate of drug-likeness (QED) is 0.321. The van der Waals surface area contributed by atoms with Crippen molar-refractivity contribution in [1.29, 1.82) is 0 Å². The number of piperidine rings is 1. The Labute approximate surface area is 214 Å². The molecule has 0 spiro atoms. The normalized spacial score (nSPS) is 15.7. The first-order valence-corrected chi connectivity index (χ1v) is 13.6. The number of hydrogen-bond donors (Lipinski definition) is 2. The third-order valence-corrected chi connectivity index (χ3v) is 7.55. The number of fused-ring (bicyclic) bond motifs is 1. The van der Waals surface area contributed by atoms with Crippen LogP contribution < -0.4 is 5.32 Å². The third kappa shape index (κ3) is 7.03. The van der Waals surface area contributed by atoms with E-state index in [4.69, 9.17) is 0 Å². The van der Waals surface area contributed by atoms with Gasteiger partial charge in [0, 0.05) is 24.9 Å². The Morgan fingerprint density at radius 1 is 1.08 bits per heavy atom. The summed E-state index contributed by atoms with van der Waals surface area (Å²) in [7, 11) is 2.16. The Morgan fingerprint density at radius 2 is 1.86 bits per heavy atom. The first-order chi connectivity index (χ1) is 17.5. The lowest BCUT2D eigenvalue weighted by Crippen LogP contribution is -2.38. The average molecular weight is 489 g/mol. The third-order valence-electron chi connectivity index (χ3n) is 7.55. The van der Waals surface area contributed by atoms with Crippen LogP contribution in [-0.4, -0.2) is 53.2 Å². The number of Topliss-reactive ketones (excluding diaryl/α,β-unsaturated/α-hetero) is 1. The number of carbonyl (C=O) groups is 2. The molecule has 2 aromatic carbocycles. The van der Waals surface area contributed by atoms with E-state index < -0.39 is 0 Å². The van der Waals surface area contributed by atoms with Gasteiger partial charge in [0.25, 0.3) is 0 Å². The smallest absolute Gasteiger partial charge is 0.230 e. The molecule has 1 aliphatic heterocycles. The average Bonchev–Trinajstić information content (AvgIpc) is 3.39. The van der Waals surface area contributed by atoms with Gasteiger partial charge in [0.05, 0.1) is 17.8 Å². The zero-order chi connectivity index (χ0) is 25.3. The number of carbonyl (C=O) groups excluding carboxylic acids is 2. The molecule has 36 heavy (non-hydrogen) atoms. The van der Waals surface area contributed by atoms with Crippen LogP contribution in [0.3, 0.4) is 0 Å². The number of likely N-dealkylation sites (tertiary alicyclic amines) is 1. The van der Waals surface area contributed by atoms with Crippen LogP contribution in [0.2, 0.25) is 0 Å². The predicted octanol–water partition coefficient (Wildman–Crippen LogP) is 5.70. The van der Waals surface area contributed by atoms with Crippen molar-refractivity contribution in [3.63, 3.8) is 0 Å². The number of rotatable bonds is 12. The van der Waals surface area contributed by atoms with Crippen molar-refractivity contribution in [3.05, 3.63) is 54.5 Å². The van der Waals surface area contributed by atoms with Gasteiger partial charge >= 0.3 is 0 Å². The van der Waals surface area contributed by atoms with Crippen molar-refractivity contribution in [2.45, 2.75) is 64.2 Å². The van der Waals surface area contributed by atoms with Gasteiger partial charge in [0.15, 0.2) is 0 Å². The Kier molecular flexibility index (Phi) is 9.29. The fourth-order valence-electron chi connectivity index (χ4n) is 5.07. The molecule has 0 radical (unpaired) electrons. The number of imidazole rings is 1. The van der Waals surface area contributed by atoms with Gasteiger partial charge in [-0.3, -0.25) is 9.59 Å². The molecule has 4 rings (SSSR count). The molecule has 6 nitrogen and oxygen atoms in total. The number of ketones is 1. The van der Waals surface area contributed by atoms with Crippen molar-refractivity contribution in [2.75, 3.05) is 26.7 Å². The second-order valence-corrected chi connectivity index (χ2v) is 10.3. The zero-order valence-corrected chi connectivity index (χ0v) is 21.8. The molecule has 6 heteroatoms. The summed E-state index contributed by atoms with van der Waals surface area (Å²) < 4.78 is 0. The molecule has 0 bridgehead atoms. The second kappa shape index (κ2) is 12.8. The highest BCUT2D eigenvalue weighted by Crippen LogP contribution is 2.27. The van der Waals surface area contributed by atoms with Gasteiger partial charge in [0.2, 0.25) is 5.91 Å². The maximum absolute atomic E-state index is 13.4. The molecular weight excluding hydrogens is 448 g/mol. The van der Waals surface area contributed by atoms with E-state index in [1.54, 1.807) is 0 Å². The molecule has 3 aromatic rings. The molecule has 192 valence electrons. The van der Waals surface area contributed by atoms with Crippen LogP contribution in [0.5, 0.6) is 0 Å². The van der Waals surface area contributed by atoms with Gasteiger partial charge in [0.1, 0.15) is 11.6 Å². The fraction of sp³-hybridized carbons (Fsp3) is 0.500. The van der Waals surface area contributed by atoms with Crippen LogP contribution in [0.15, 0.2) is 48.7 Å². The lowest BCUT2D eigenvalue weighted by molar-refractivity contribution is -0.123. The Bertz CT molecular complexity index is 1150. The summed E-state index contributed by atoms with van der Waals surface area (Å²) in [6.07, 6.45) is 8.79. The highest BCUT2D eigenvalue weighted by molar-refractivity contribution is 5.87. The number of amides is 1. The first kappa shape index (κ1) is 26.1. The van der Waals surface area contributed by atoms with Crippen LogP contribution >= 0.6 is 0 Å². The number of aromatic nitrogens is 2. The van der Waals surface area contributed by atoms with Crippen LogP contribution in [0.4, 0.5) is 0 Å². The van der Waals surface area contributed by atoms with Gasteiger partial charge in [-0.25, -0.2) is 4.98 Å². The molecular formula is C30H40N4O2. The maximum atomic E-state index is 13.4. The number of unbranched alkanes of at least 4 members (excludes halogenated alkanes) is 2. The van der Waals surface area contributed by atoms with Crippen LogP contribution in [0.1, 0.15) is 70.0 Å². The summed E-state index contributed by atoms with van der Waals surface area (Å²) in [6, 6.07) is 14.7. The zero-order valence-electron chi connectivity index (χ0n) is 21.8. The summed E-state index contributed by atoms with van der Waals surface area (Å²) in [5, 5.41) is 5.62. The molecule has 1 amide bonds. The van der Waals surface area contributed by atoms with E-state index in [0.29, 0.717) is 24.5 Å². The Hall–Kier alpha value is -2.99. The van der Waals surface area contributed by atoms with Crippen molar-refractivity contribution in [1.82, 2.24) is 20.2 Å². The van der Waals surface area contributed by atoms with Gasteiger partial charge in [-0.15, -0.1) is 0 Å². The Morgan fingerprint density at radius 3 is 2.64 bits per heavy atom. The number of aromatic amines is 1. The van der Waals surface area contributed by atoms with Gasteiger partial charge in [-0.2, -0.15) is 0 Å². The van der Waals surface area contributed by atoms with Crippen molar-refractivity contribution in [3.8, 4) is 11.3 Å². The molecule has 1 fully saturated rings. The predicted molar refractivity (Wildman–Crippen MR) is 146 cm³/mol.